The number of alkyl halides is 3. The highest BCUT2D eigenvalue weighted by atomic mass is 32.1. The Bertz CT molecular complexity index is 1420. The maximum absolute atomic E-state index is 13.0. The number of likely N-dealkylation sites (tertiary alicyclic amines) is 1. The number of methoxy groups -OCH3 is 1. The van der Waals surface area contributed by atoms with Gasteiger partial charge in [0.15, 0.2) is 5.82 Å². The quantitative estimate of drug-likeness (QED) is 0.327. The summed E-state index contributed by atoms with van der Waals surface area (Å²) in [5, 5.41) is 4.33. The van der Waals surface area contributed by atoms with Crippen molar-refractivity contribution in [1.82, 2.24) is 20.0 Å². The van der Waals surface area contributed by atoms with Crippen molar-refractivity contribution in [1.29, 1.82) is 0 Å². The van der Waals surface area contributed by atoms with Crippen molar-refractivity contribution in [2.24, 2.45) is 0 Å². The predicted molar refractivity (Wildman–Crippen MR) is 131 cm³/mol. The summed E-state index contributed by atoms with van der Waals surface area (Å²) < 4.78 is 55.0. The molecule has 0 amide bonds. The molecule has 0 aliphatic carbocycles. The van der Waals surface area contributed by atoms with Gasteiger partial charge in [0, 0.05) is 18.2 Å². The third kappa shape index (κ3) is 5.70. The smallest absolute Gasteiger partial charge is 0.439 e. The third-order valence-corrected chi connectivity index (χ3v) is 7.17. The van der Waals surface area contributed by atoms with Crippen LogP contribution in [-0.4, -0.2) is 40.2 Å². The number of benzene rings is 2. The van der Waals surface area contributed by atoms with Crippen molar-refractivity contribution < 1.29 is 27.2 Å². The summed E-state index contributed by atoms with van der Waals surface area (Å²) in [5.74, 6) is 0.541. The Labute approximate surface area is 213 Å². The van der Waals surface area contributed by atoms with Crippen molar-refractivity contribution in [3.8, 4) is 33.5 Å². The minimum absolute atomic E-state index is 0.227. The van der Waals surface area contributed by atoms with Crippen LogP contribution in [-0.2, 0) is 19.3 Å². The van der Waals surface area contributed by atoms with E-state index in [0.717, 1.165) is 48.6 Å². The van der Waals surface area contributed by atoms with Crippen LogP contribution in [0.5, 0.6) is 11.5 Å². The van der Waals surface area contributed by atoms with E-state index in [2.05, 4.69) is 19.6 Å². The van der Waals surface area contributed by atoms with E-state index >= 15 is 0 Å². The van der Waals surface area contributed by atoms with Crippen LogP contribution in [0.1, 0.15) is 29.0 Å². The van der Waals surface area contributed by atoms with Gasteiger partial charge in [-0.2, -0.15) is 13.2 Å². The summed E-state index contributed by atoms with van der Waals surface area (Å²) in [6, 6.07) is 10.1. The Morgan fingerprint density at radius 1 is 1.14 bits per heavy atom. The molecule has 0 radical (unpaired) electrons. The standard InChI is InChI=1S/C25H23F3N4O4S/c1-34-20-12-17(8-9-18(20)22-30-24(33)36-31-22)35-14-21-19(13-32-10-2-3-11-32)29-23(37-21)15-4-6-16(7-5-15)25(26,27)28/h4-9,12H,2-3,10-11,13-14H2,1H3,(H,30,31,33). The van der Waals surface area contributed by atoms with E-state index in [0.29, 0.717) is 34.2 Å². The van der Waals surface area contributed by atoms with Crippen LogP contribution in [0.3, 0.4) is 0 Å². The van der Waals surface area contributed by atoms with E-state index in [-0.39, 0.29) is 12.4 Å². The van der Waals surface area contributed by atoms with Gasteiger partial charge in [0.25, 0.3) is 0 Å². The molecule has 2 aromatic carbocycles. The second-order valence-corrected chi connectivity index (χ2v) is 9.63. The Kier molecular flexibility index (Phi) is 7.02. The molecule has 0 atom stereocenters. The Hall–Kier alpha value is -3.64. The van der Waals surface area contributed by atoms with Crippen molar-refractivity contribution in [3.05, 3.63) is 69.1 Å². The summed E-state index contributed by atoms with van der Waals surface area (Å²) in [4.78, 5) is 21.8. The molecule has 37 heavy (non-hydrogen) atoms. The lowest BCUT2D eigenvalue weighted by Gasteiger charge is -2.14. The van der Waals surface area contributed by atoms with Crippen LogP contribution in [0.2, 0.25) is 0 Å². The van der Waals surface area contributed by atoms with Crippen LogP contribution in [0.15, 0.2) is 51.8 Å². The second kappa shape index (κ2) is 10.4. The highest BCUT2D eigenvalue weighted by Crippen LogP contribution is 2.35. The lowest BCUT2D eigenvalue weighted by molar-refractivity contribution is -0.137. The lowest BCUT2D eigenvalue weighted by atomic mass is 10.1. The van der Waals surface area contributed by atoms with E-state index < -0.39 is 17.5 Å². The molecular formula is C25H23F3N4O4S. The van der Waals surface area contributed by atoms with Gasteiger partial charge in [-0.25, -0.2) is 9.78 Å². The molecule has 0 bridgehead atoms. The molecule has 0 saturated carbocycles. The average molecular weight is 533 g/mol. The normalized spacial score (nSPS) is 14.3. The molecule has 0 spiro atoms. The molecule has 8 nitrogen and oxygen atoms in total. The number of ether oxygens (including phenoxy) is 2. The highest BCUT2D eigenvalue weighted by molar-refractivity contribution is 7.15. The monoisotopic (exact) mass is 532 g/mol. The zero-order valence-corrected chi connectivity index (χ0v) is 20.6. The van der Waals surface area contributed by atoms with Crippen LogP contribution < -0.4 is 15.2 Å². The number of nitrogens with zero attached hydrogens (tertiary/aromatic N) is 3. The van der Waals surface area contributed by atoms with Gasteiger partial charge >= 0.3 is 11.9 Å². The van der Waals surface area contributed by atoms with Crippen molar-refractivity contribution in [2.45, 2.75) is 32.2 Å². The average Bonchev–Trinajstić information content (AvgIpc) is 3.64. The van der Waals surface area contributed by atoms with Gasteiger partial charge < -0.3 is 9.47 Å². The molecule has 1 saturated heterocycles. The number of rotatable bonds is 8. The molecule has 1 N–H and O–H groups in total. The molecule has 5 rings (SSSR count). The molecule has 1 aliphatic rings. The summed E-state index contributed by atoms with van der Waals surface area (Å²) in [6.07, 6.45) is -2.13. The van der Waals surface area contributed by atoms with Crippen LogP contribution in [0, 0.1) is 0 Å². The summed E-state index contributed by atoms with van der Waals surface area (Å²) in [6.45, 7) is 2.84. The number of hydrogen-bond acceptors (Lipinski definition) is 8. The number of thiazole rings is 1. The number of aromatic nitrogens is 3. The minimum atomic E-state index is -4.39. The molecule has 0 unspecified atom stereocenters. The topological polar surface area (TPSA) is 93.5 Å². The fraction of sp³-hybridized carbons (Fsp3) is 0.320. The number of halogens is 3. The number of nitrogens with one attached hydrogen (secondary N) is 1. The number of aromatic amines is 1. The highest BCUT2D eigenvalue weighted by Gasteiger charge is 2.30. The van der Waals surface area contributed by atoms with Crippen molar-refractivity contribution in [2.75, 3.05) is 20.2 Å². The minimum Gasteiger partial charge on any atom is -0.496 e. The SMILES string of the molecule is COc1cc(OCc2sc(-c3ccc(C(F)(F)F)cc3)nc2CN2CCCC2)ccc1-c1noc(=O)[nH]1. The molecule has 3 heterocycles. The van der Waals surface area contributed by atoms with Gasteiger partial charge in [0.05, 0.1) is 28.8 Å². The zero-order chi connectivity index (χ0) is 26.0. The maximum Gasteiger partial charge on any atom is 0.439 e. The van der Waals surface area contributed by atoms with Crippen LogP contribution >= 0.6 is 11.3 Å². The first kappa shape index (κ1) is 25.0. The van der Waals surface area contributed by atoms with Crippen molar-refractivity contribution >= 4 is 11.3 Å². The summed E-state index contributed by atoms with van der Waals surface area (Å²) in [7, 11) is 1.49. The summed E-state index contributed by atoms with van der Waals surface area (Å²) >= 11 is 1.40. The van der Waals surface area contributed by atoms with Crippen LogP contribution in [0.25, 0.3) is 22.0 Å². The maximum atomic E-state index is 13.0. The van der Waals surface area contributed by atoms with Crippen LogP contribution in [0.4, 0.5) is 13.2 Å². The zero-order valence-electron chi connectivity index (χ0n) is 19.8. The fourth-order valence-corrected chi connectivity index (χ4v) is 5.14. The second-order valence-electron chi connectivity index (χ2n) is 8.54. The largest absolute Gasteiger partial charge is 0.496 e. The van der Waals surface area contributed by atoms with Gasteiger partial charge in [0.2, 0.25) is 0 Å². The van der Waals surface area contributed by atoms with E-state index in [1.54, 1.807) is 18.2 Å². The molecule has 4 aromatic rings. The van der Waals surface area contributed by atoms with E-state index in [9.17, 15) is 18.0 Å². The molecule has 194 valence electrons. The molecule has 12 heteroatoms. The summed E-state index contributed by atoms with van der Waals surface area (Å²) in [5.41, 5.74) is 1.32. The molecule has 1 fully saturated rings. The Morgan fingerprint density at radius 2 is 1.89 bits per heavy atom. The van der Waals surface area contributed by atoms with E-state index in [1.807, 2.05) is 0 Å². The van der Waals surface area contributed by atoms with Gasteiger partial charge in [-0.05, 0) is 50.2 Å². The van der Waals surface area contributed by atoms with Gasteiger partial charge in [-0.3, -0.25) is 14.4 Å². The predicted octanol–water partition coefficient (Wildman–Crippen LogP) is 5.36. The molecular weight excluding hydrogens is 509 g/mol. The van der Waals surface area contributed by atoms with Gasteiger partial charge in [0.1, 0.15) is 23.1 Å². The lowest BCUT2D eigenvalue weighted by Crippen LogP contribution is -2.19. The van der Waals surface area contributed by atoms with E-state index in [4.69, 9.17) is 14.5 Å². The Balaban J connectivity index is 1.38. The number of H-pyrrole nitrogens is 1. The molecule has 2 aromatic heterocycles. The molecule has 1 aliphatic heterocycles. The first-order valence-corrected chi connectivity index (χ1v) is 12.4. The fourth-order valence-electron chi connectivity index (χ4n) is 4.15. The first-order chi connectivity index (χ1) is 17.8. The van der Waals surface area contributed by atoms with E-state index in [1.165, 1.54) is 30.6 Å². The van der Waals surface area contributed by atoms with Gasteiger partial charge in [-0.1, -0.05) is 17.3 Å². The number of hydrogen-bond donors (Lipinski definition) is 1. The first-order valence-electron chi connectivity index (χ1n) is 11.6. The van der Waals surface area contributed by atoms with Gasteiger partial charge in [-0.15, -0.1) is 11.3 Å². The Morgan fingerprint density at radius 3 is 2.54 bits per heavy atom. The third-order valence-electron chi connectivity index (χ3n) is 6.05. The van der Waals surface area contributed by atoms with Crippen molar-refractivity contribution in [3.63, 3.8) is 0 Å².